The molecule has 1 saturated carbocycles. The van der Waals surface area contributed by atoms with E-state index in [1.54, 1.807) is 0 Å². The summed E-state index contributed by atoms with van der Waals surface area (Å²) < 4.78 is 77.4. The molecule has 0 aromatic heterocycles. The fourth-order valence-electron chi connectivity index (χ4n) is 6.80. The number of nitrogens with zero attached hydrogens (tertiary/aromatic N) is 2. The van der Waals surface area contributed by atoms with Gasteiger partial charge in [-0.15, -0.1) is 23.2 Å². The lowest BCUT2D eigenvalue weighted by molar-refractivity contribution is -0.173. The van der Waals surface area contributed by atoms with Crippen molar-refractivity contribution in [3.05, 3.63) is 70.6 Å². The van der Waals surface area contributed by atoms with Crippen LogP contribution in [0.4, 0.5) is 27.6 Å². The largest absolute Gasteiger partial charge is 0.504 e. The van der Waals surface area contributed by atoms with E-state index in [1.165, 1.54) is 43.5 Å². The van der Waals surface area contributed by atoms with Gasteiger partial charge in [0.1, 0.15) is 5.69 Å². The monoisotopic (exact) mass is 672 g/mol. The van der Waals surface area contributed by atoms with Crippen LogP contribution in [0.2, 0.25) is 0 Å². The van der Waals surface area contributed by atoms with Crippen LogP contribution < -0.4 is 9.64 Å². The molecular formula is C29H19Cl2F5N2O7. The highest BCUT2D eigenvalue weighted by Gasteiger charge is 2.76. The van der Waals surface area contributed by atoms with Gasteiger partial charge >= 0.3 is 0 Å². The normalized spacial score (nSPS) is 31.0. The number of ether oxygens (including phenoxy) is 1. The summed E-state index contributed by atoms with van der Waals surface area (Å²) in [7, 11) is 1.29. The van der Waals surface area contributed by atoms with Crippen LogP contribution in [0.5, 0.6) is 11.5 Å². The summed E-state index contributed by atoms with van der Waals surface area (Å²) in [4.78, 5) is 48.0. The first-order valence-corrected chi connectivity index (χ1v) is 14.0. The molecule has 2 aromatic rings. The van der Waals surface area contributed by atoms with Crippen molar-refractivity contribution in [3.63, 3.8) is 0 Å². The van der Waals surface area contributed by atoms with E-state index >= 15 is 0 Å². The Kier molecular flexibility index (Phi) is 7.06. The van der Waals surface area contributed by atoms with Gasteiger partial charge in [-0.05, 0) is 36.5 Å². The van der Waals surface area contributed by atoms with E-state index < -0.39 is 98.2 Å². The molecule has 4 amide bonds. The van der Waals surface area contributed by atoms with E-state index in [9.17, 15) is 51.4 Å². The average molecular weight is 673 g/mol. The van der Waals surface area contributed by atoms with E-state index in [4.69, 9.17) is 27.9 Å². The van der Waals surface area contributed by atoms with E-state index in [0.717, 1.165) is 0 Å². The molecule has 2 saturated heterocycles. The Balaban J connectivity index is 1.56. The van der Waals surface area contributed by atoms with Gasteiger partial charge < -0.3 is 9.84 Å². The molecule has 45 heavy (non-hydrogen) atoms. The molecular weight excluding hydrogens is 654 g/mol. The third kappa shape index (κ3) is 3.94. The number of hydrogen-bond donors (Lipinski definition) is 2. The average Bonchev–Trinajstić information content (AvgIpc) is 3.33. The summed E-state index contributed by atoms with van der Waals surface area (Å²) in [6.45, 7) is 0. The first-order valence-electron chi connectivity index (χ1n) is 13.2. The maximum atomic E-state index is 15.0. The van der Waals surface area contributed by atoms with Crippen molar-refractivity contribution in [2.24, 2.45) is 23.7 Å². The minimum absolute atomic E-state index is 0.0494. The molecule has 0 spiro atoms. The second-order valence-corrected chi connectivity index (χ2v) is 12.3. The summed E-state index contributed by atoms with van der Waals surface area (Å²) in [6.07, 6.45) is 3.34. The quantitative estimate of drug-likeness (QED) is 0.0926. The first kappa shape index (κ1) is 31.0. The Morgan fingerprint density at radius 3 is 2.18 bits per heavy atom. The highest BCUT2D eigenvalue weighted by Crippen LogP contribution is 2.63. The van der Waals surface area contributed by atoms with E-state index in [1.807, 2.05) is 0 Å². The number of benzene rings is 2. The molecule has 0 unspecified atom stereocenters. The molecule has 16 heteroatoms. The number of carbonyl (C=O) groups is 4. The molecule has 0 bridgehead atoms. The van der Waals surface area contributed by atoms with E-state index in [0.29, 0.717) is 5.56 Å². The number of amides is 4. The number of phenols is 1. The van der Waals surface area contributed by atoms with Crippen LogP contribution in [0.15, 0.2) is 35.9 Å². The van der Waals surface area contributed by atoms with Crippen molar-refractivity contribution in [1.29, 1.82) is 0 Å². The summed E-state index contributed by atoms with van der Waals surface area (Å²) in [5.74, 6) is -22.7. The number of halogens is 7. The molecule has 2 aliphatic carbocycles. The zero-order valence-corrected chi connectivity index (χ0v) is 24.2. The number of hydroxylamine groups is 2. The van der Waals surface area contributed by atoms with Crippen LogP contribution in [0, 0.1) is 52.8 Å². The third-order valence-electron chi connectivity index (χ3n) is 8.94. The number of methoxy groups -OCH3 is 1. The zero-order chi connectivity index (χ0) is 32.9. The zero-order valence-electron chi connectivity index (χ0n) is 22.7. The molecule has 2 aliphatic heterocycles. The number of phenolic OH excluding ortho intramolecular Hbond substituents is 1. The number of carbonyl (C=O) groups excluding carboxylic acids is 4. The predicted octanol–water partition coefficient (Wildman–Crippen LogP) is 4.59. The van der Waals surface area contributed by atoms with Gasteiger partial charge in [-0.25, -0.2) is 26.9 Å². The maximum Gasteiger partial charge on any atom is 0.258 e. The number of fused-ring (bicyclic) bond motifs is 4. The van der Waals surface area contributed by atoms with Crippen molar-refractivity contribution in [2.45, 2.75) is 22.6 Å². The van der Waals surface area contributed by atoms with Crippen LogP contribution in [0.3, 0.4) is 0 Å². The molecule has 9 nitrogen and oxygen atoms in total. The minimum atomic E-state index is -2.66. The number of rotatable bonds is 4. The van der Waals surface area contributed by atoms with Crippen LogP contribution in [-0.4, -0.2) is 55.9 Å². The maximum absolute atomic E-state index is 15.0. The lowest BCUT2D eigenvalue weighted by Crippen LogP contribution is -2.60. The van der Waals surface area contributed by atoms with Crippen LogP contribution in [-0.2, 0) is 19.2 Å². The van der Waals surface area contributed by atoms with Gasteiger partial charge in [0.25, 0.3) is 23.6 Å². The van der Waals surface area contributed by atoms with E-state index in [-0.39, 0.29) is 33.5 Å². The fraction of sp³-hybridized carbons (Fsp3) is 0.310. The topological polar surface area (TPSA) is 124 Å². The molecule has 6 atom stereocenters. The Hall–Kier alpha value is -4.01. The number of aromatic hydroxyl groups is 1. The van der Waals surface area contributed by atoms with Crippen molar-refractivity contribution in [3.8, 4) is 11.5 Å². The fourth-order valence-corrected chi connectivity index (χ4v) is 7.69. The lowest BCUT2D eigenvalue weighted by atomic mass is 9.57. The Morgan fingerprint density at radius 2 is 1.56 bits per heavy atom. The van der Waals surface area contributed by atoms with Crippen molar-refractivity contribution < 1.29 is 56.2 Å². The number of anilines is 1. The van der Waals surface area contributed by atoms with Crippen molar-refractivity contribution >= 4 is 58.6 Å². The highest BCUT2D eigenvalue weighted by molar-refractivity contribution is 6.58. The molecule has 6 rings (SSSR count). The minimum Gasteiger partial charge on any atom is -0.504 e. The first-order chi connectivity index (χ1) is 21.1. The van der Waals surface area contributed by atoms with Gasteiger partial charge in [0.2, 0.25) is 5.82 Å². The highest BCUT2D eigenvalue weighted by atomic mass is 35.5. The Labute approximate surface area is 260 Å². The SMILES string of the molecule is COc1cc(C=C[C@H]2C3=CC[C@@H]4C(=O)N(O)C(=O)[C@@H]4[C@@H]3C[C@@]3(Cl)C(=O)N(c4c(F)c(F)c(F)c(F)c4F)C(=O)[C@@]23Cl)ccc1O. The van der Waals surface area contributed by atoms with Crippen molar-refractivity contribution in [1.82, 2.24) is 5.06 Å². The summed E-state index contributed by atoms with van der Waals surface area (Å²) >= 11 is 13.8. The molecule has 0 radical (unpaired) electrons. The number of imide groups is 2. The van der Waals surface area contributed by atoms with Gasteiger partial charge in [-0.3, -0.25) is 24.4 Å². The molecule has 4 aliphatic rings. The summed E-state index contributed by atoms with van der Waals surface area (Å²) in [6, 6.07) is 4.10. The van der Waals surface area contributed by atoms with Crippen LogP contribution in [0.1, 0.15) is 18.4 Å². The van der Waals surface area contributed by atoms with Crippen LogP contribution >= 0.6 is 23.2 Å². The van der Waals surface area contributed by atoms with Gasteiger partial charge in [0, 0.05) is 5.92 Å². The van der Waals surface area contributed by atoms with Crippen LogP contribution in [0.25, 0.3) is 6.08 Å². The Morgan fingerprint density at radius 1 is 0.933 bits per heavy atom. The smallest absolute Gasteiger partial charge is 0.258 e. The summed E-state index contributed by atoms with van der Waals surface area (Å²) in [5, 5.41) is 20.0. The molecule has 236 valence electrons. The molecule has 3 fully saturated rings. The number of alkyl halides is 2. The predicted molar refractivity (Wildman–Crippen MR) is 145 cm³/mol. The van der Waals surface area contributed by atoms with E-state index in [2.05, 4.69) is 0 Å². The second kappa shape index (κ2) is 10.3. The second-order valence-electron chi connectivity index (χ2n) is 11.0. The van der Waals surface area contributed by atoms with Crippen molar-refractivity contribution in [2.75, 3.05) is 12.0 Å². The number of hydrogen-bond acceptors (Lipinski definition) is 7. The molecule has 2 N–H and O–H groups in total. The summed E-state index contributed by atoms with van der Waals surface area (Å²) in [5.41, 5.74) is -1.32. The third-order valence-corrected chi connectivity index (χ3v) is 10.4. The van der Waals surface area contributed by atoms with Gasteiger partial charge in [0.05, 0.1) is 18.9 Å². The Bertz CT molecular complexity index is 1780. The number of allylic oxidation sites excluding steroid dienone is 3. The molecule has 2 heterocycles. The lowest BCUT2D eigenvalue weighted by Gasteiger charge is -2.49. The standard InChI is InChI=1S/C29H19Cl2F5N2O7/c1-45-16-8-10(3-7-15(16)39)2-6-14-11-4-5-12-17(25(41)38(44)24(12)40)13(11)9-28(30)26(42)37(27(43)29(14,28)31)23-21(35)19(33)18(32)20(34)22(23)36/h2-4,6-8,12-14,17,39,44H,5,9H2,1H3/t12-,13+,14-,17-,28+,29-/m0/s1. The van der Waals surface area contributed by atoms with Gasteiger partial charge in [0.15, 0.2) is 44.5 Å². The molecule has 2 aromatic carbocycles. The van der Waals surface area contributed by atoms with Gasteiger partial charge in [-0.2, -0.15) is 5.06 Å². The van der Waals surface area contributed by atoms with Gasteiger partial charge in [-0.1, -0.05) is 29.9 Å².